The molecule has 0 rings (SSSR count). The quantitative estimate of drug-likeness (QED) is 0.324. The van der Waals surface area contributed by atoms with E-state index < -0.39 is 53.6 Å². The molecule has 0 spiro atoms. The Morgan fingerprint density at radius 3 is 1.34 bits per heavy atom. The van der Waals surface area contributed by atoms with Crippen LogP contribution in [0.5, 0.6) is 0 Å². The molecule has 0 aromatic carbocycles. The summed E-state index contributed by atoms with van der Waals surface area (Å²) >= 11 is 0. The van der Waals surface area contributed by atoms with Crippen LogP contribution in [-0.4, -0.2) is 51.9 Å². The summed E-state index contributed by atoms with van der Waals surface area (Å²) in [6.07, 6.45) is -40.6. The van der Waals surface area contributed by atoms with E-state index in [1.807, 2.05) is 0 Å². The molecule has 6 nitrogen and oxygen atoms in total. The highest BCUT2D eigenvalue weighted by Gasteiger charge is 2.74. The van der Waals surface area contributed by atoms with Crippen LogP contribution < -0.4 is 0 Å². The lowest BCUT2D eigenvalue weighted by molar-refractivity contribution is -0.564. The van der Waals surface area contributed by atoms with Crippen molar-refractivity contribution in [1.29, 1.82) is 0 Å². The van der Waals surface area contributed by atoms with Crippen molar-refractivity contribution in [2.24, 2.45) is 0 Å². The van der Waals surface area contributed by atoms with Crippen molar-refractivity contribution in [2.45, 2.75) is 36.9 Å². The van der Waals surface area contributed by atoms with Crippen LogP contribution in [0.25, 0.3) is 0 Å². The molecule has 0 saturated heterocycles. The van der Waals surface area contributed by atoms with Gasteiger partial charge in [-0.3, -0.25) is 4.18 Å². The van der Waals surface area contributed by atoms with Gasteiger partial charge in [-0.2, -0.15) is 52.3 Å². The molecule has 0 saturated carbocycles. The summed E-state index contributed by atoms with van der Waals surface area (Å²) in [4.78, 5) is 0. The monoisotopic (exact) mass is 488 g/mol. The Morgan fingerprint density at radius 1 is 0.655 bits per heavy atom. The topological polar surface area (TPSA) is 71.1 Å². The lowest BCUT2D eigenvalue weighted by Gasteiger charge is -2.33. The molecule has 29 heavy (non-hydrogen) atoms. The minimum Gasteiger partial charge on any atom is -0.258 e. The third-order valence-corrected chi connectivity index (χ3v) is 2.91. The molecule has 174 valence electrons. The van der Waals surface area contributed by atoms with Gasteiger partial charge in [-0.05, 0) is 0 Å². The number of hydrogen-bond acceptors (Lipinski definition) is 6. The van der Waals surface area contributed by atoms with Crippen LogP contribution in [0.2, 0.25) is 0 Å². The largest absolute Gasteiger partial charge is 0.527 e. The standard InChI is InChI=1S/C9H5F13O6S/c1-2-29(23,24)25-3-4(10,11)26-5(12,13)6(14,15)27-7(16,17)8(18,19)28-9(20,21)22/h2H,1,3H2. The lowest BCUT2D eigenvalue weighted by atomic mass is 10.5. The highest BCUT2D eigenvalue weighted by molar-refractivity contribution is 7.89. The average molecular weight is 488 g/mol. The van der Waals surface area contributed by atoms with E-state index in [2.05, 4.69) is 15.5 Å². The normalized spacial score (nSPS) is 15.5. The van der Waals surface area contributed by atoms with Crippen LogP contribution >= 0.6 is 0 Å². The van der Waals surface area contributed by atoms with E-state index in [4.69, 9.17) is 0 Å². The number of rotatable bonds is 11. The molecule has 0 bridgehead atoms. The first-order valence-electron chi connectivity index (χ1n) is 5.97. The summed E-state index contributed by atoms with van der Waals surface area (Å²) in [7, 11) is -5.01. The van der Waals surface area contributed by atoms with Crippen LogP contribution in [0, 0.1) is 0 Å². The molecule has 0 atom stereocenters. The van der Waals surface area contributed by atoms with E-state index in [1.165, 1.54) is 4.74 Å². The zero-order chi connectivity index (χ0) is 23.7. The highest BCUT2D eigenvalue weighted by Crippen LogP contribution is 2.48. The third-order valence-electron chi connectivity index (χ3n) is 2.05. The van der Waals surface area contributed by atoms with Gasteiger partial charge >= 0.3 is 36.9 Å². The minimum absolute atomic E-state index is 0.164. The second-order valence-electron chi connectivity index (χ2n) is 4.38. The van der Waals surface area contributed by atoms with Crippen molar-refractivity contribution in [1.82, 2.24) is 0 Å². The van der Waals surface area contributed by atoms with Crippen molar-refractivity contribution in [2.75, 3.05) is 6.61 Å². The zero-order valence-corrected chi connectivity index (χ0v) is 13.6. The predicted octanol–water partition coefficient (Wildman–Crippen LogP) is 4.01. The van der Waals surface area contributed by atoms with Gasteiger partial charge in [0.1, 0.15) is 0 Å². The molecule has 0 amide bonds. The van der Waals surface area contributed by atoms with Crippen LogP contribution in [0.3, 0.4) is 0 Å². The molecule has 0 fully saturated rings. The maximum absolute atomic E-state index is 13.0. The maximum Gasteiger partial charge on any atom is 0.527 e. The first kappa shape index (κ1) is 27.6. The molecule has 20 heteroatoms. The van der Waals surface area contributed by atoms with Crippen LogP contribution in [0.1, 0.15) is 0 Å². The maximum atomic E-state index is 13.0. The molecule has 0 aliphatic heterocycles. The number of ether oxygens (including phenoxy) is 3. The van der Waals surface area contributed by atoms with Gasteiger partial charge < -0.3 is 0 Å². The van der Waals surface area contributed by atoms with Gasteiger partial charge in [0.15, 0.2) is 6.61 Å². The van der Waals surface area contributed by atoms with Gasteiger partial charge in [0.2, 0.25) is 0 Å². The van der Waals surface area contributed by atoms with E-state index in [0.29, 0.717) is 0 Å². The zero-order valence-electron chi connectivity index (χ0n) is 12.8. The van der Waals surface area contributed by atoms with E-state index in [9.17, 15) is 65.5 Å². The van der Waals surface area contributed by atoms with Gasteiger partial charge in [-0.15, -0.1) is 13.2 Å². The minimum atomic E-state index is -7.17. The Balaban J connectivity index is 5.51. The molecular formula is C9H5F13O6S. The summed E-state index contributed by atoms with van der Waals surface area (Å²) in [6, 6.07) is 0. The van der Waals surface area contributed by atoms with Gasteiger partial charge in [-0.1, -0.05) is 6.58 Å². The molecule has 0 heterocycles. The number of alkyl halides is 13. The lowest BCUT2D eigenvalue weighted by Crippen LogP contribution is -2.57. The third kappa shape index (κ3) is 8.10. The fraction of sp³-hybridized carbons (Fsp3) is 0.778. The van der Waals surface area contributed by atoms with E-state index >= 15 is 0 Å². The fourth-order valence-corrected chi connectivity index (χ4v) is 1.36. The average Bonchev–Trinajstić information content (AvgIpc) is 2.40. The highest BCUT2D eigenvalue weighted by atomic mass is 32.2. The fourth-order valence-electron chi connectivity index (χ4n) is 0.960. The van der Waals surface area contributed by atoms with Gasteiger partial charge in [0.25, 0.3) is 10.1 Å². The van der Waals surface area contributed by atoms with Crippen molar-refractivity contribution in [3.8, 4) is 0 Å². The van der Waals surface area contributed by atoms with Gasteiger partial charge in [0.05, 0.1) is 5.41 Å². The van der Waals surface area contributed by atoms with Crippen molar-refractivity contribution >= 4 is 10.1 Å². The first-order chi connectivity index (χ1) is 12.4. The predicted molar refractivity (Wildman–Crippen MR) is 59.1 cm³/mol. The molecule has 0 aliphatic carbocycles. The Labute approximate surface area is 150 Å². The van der Waals surface area contributed by atoms with Crippen molar-refractivity contribution in [3.63, 3.8) is 0 Å². The van der Waals surface area contributed by atoms with Gasteiger partial charge in [0, 0.05) is 0 Å². The number of halogens is 13. The van der Waals surface area contributed by atoms with Crippen molar-refractivity contribution < 1.29 is 83.9 Å². The smallest absolute Gasteiger partial charge is 0.258 e. The summed E-state index contributed by atoms with van der Waals surface area (Å²) in [6.45, 7) is -0.265. The van der Waals surface area contributed by atoms with E-state index in [0.717, 1.165) is 0 Å². The molecule has 0 N–H and O–H groups in total. The molecule has 0 unspecified atom stereocenters. The summed E-state index contributed by atoms with van der Waals surface area (Å²) < 4.78 is 193. The molecule has 0 aliphatic rings. The van der Waals surface area contributed by atoms with Crippen LogP contribution in [-0.2, 0) is 28.5 Å². The van der Waals surface area contributed by atoms with E-state index in [-0.39, 0.29) is 5.41 Å². The number of hydrogen-bond donors (Lipinski definition) is 0. The van der Waals surface area contributed by atoms with Gasteiger partial charge in [-0.25, -0.2) is 14.2 Å². The molecule has 0 radical (unpaired) electrons. The first-order valence-corrected chi connectivity index (χ1v) is 7.44. The second-order valence-corrected chi connectivity index (χ2v) is 5.93. The Bertz CT molecular complexity index is 685. The van der Waals surface area contributed by atoms with Crippen LogP contribution in [0.15, 0.2) is 12.0 Å². The second kappa shape index (κ2) is 8.04. The Kier molecular flexibility index (Phi) is 7.66. The van der Waals surface area contributed by atoms with Crippen LogP contribution in [0.4, 0.5) is 57.1 Å². The summed E-state index contributed by atoms with van der Waals surface area (Å²) in [5, 5.41) is -0.164. The molecule has 0 aromatic heterocycles. The van der Waals surface area contributed by atoms with Crippen molar-refractivity contribution in [3.05, 3.63) is 12.0 Å². The molecule has 0 aromatic rings. The SMILES string of the molecule is C=CS(=O)(=O)OCC(F)(F)OC(F)(F)C(F)(F)OC(F)(F)C(F)(F)OC(F)(F)F. The Morgan fingerprint density at radius 2 is 1.00 bits per heavy atom. The molecular weight excluding hydrogens is 483 g/mol. The summed E-state index contributed by atoms with van der Waals surface area (Å²) in [5.74, 6) is 0. The van der Waals surface area contributed by atoms with E-state index in [1.54, 1.807) is 4.74 Å². The summed E-state index contributed by atoms with van der Waals surface area (Å²) in [5.41, 5.74) is 0. The Hall–Kier alpha value is -1.38.